The van der Waals surface area contributed by atoms with Crippen LogP contribution in [0.15, 0.2) is 46.8 Å². The molecule has 27 heavy (non-hydrogen) atoms. The van der Waals surface area contributed by atoms with E-state index in [4.69, 9.17) is 0 Å². The van der Waals surface area contributed by atoms with Crippen LogP contribution in [0.2, 0.25) is 0 Å². The Morgan fingerprint density at radius 3 is 2.78 bits per heavy atom. The summed E-state index contributed by atoms with van der Waals surface area (Å²) in [4.78, 5) is 22.6. The Bertz CT molecular complexity index is 1010. The van der Waals surface area contributed by atoms with Crippen molar-refractivity contribution >= 4 is 39.8 Å². The molecule has 1 N–H and O–H groups in total. The molecule has 0 atom stereocenters. The van der Waals surface area contributed by atoms with E-state index in [0.29, 0.717) is 26.4 Å². The summed E-state index contributed by atoms with van der Waals surface area (Å²) >= 11 is 2.49. The van der Waals surface area contributed by atoms with Gasteiger partial charge >= 0.3 is 0 Å². The number of thioether (sulfide) groups is 1. The van der Waals surface area contributed by atoms with Crippen molar-refractivity contribution in [3.05, 3.63) is 75.1 Å². The molecule has 138 valence electrons. The summed E-state index contributed by atoms with van der Waals surface area (Å²) in [6, 6.07) is 10.6. The number of hydrogen-bond acceptors (Lipinski definition) is 7. The van der Waals surface area contributed by atoms with Crippen LogP contribution in [-0.2, 0) is 5.75 Å². The fourth-order valence-corrected chi connectivity index (χ4v) is 3.98. The van der Waals surface area contributed by atoms with Crippen molar-refractivity contribution in [1.29, 1.82) is 0 Å². The molecule has 0 saturated heterocycles. The average molecular weight is 404 g/mol. The Balaban J connectivity index is 1.63. The van der Waals surface area contributed by atoms with Crippen LogP contribution in [0.5, 0.6) is 0 Å². The standard InChI is InChI=1S/C17H13FN4O3S2/c1-10-8-11(6-7-14(10)22(24)25)15(23)19-16-20-21-17(27-16)26-9-12-4-2-3-5-13(12)18/h2-8H,9H2,1H3,(H,19,20,23). The molecule has 0 unspecified atom stereocenters. The molecular weight excluding hydrogens is 391 g/mol. The molecule has 1 amide bonds. The Labute approximate surface area is 161 Å². The molecule has 0 aliphatic carbocycles. The highest BCUT2D eigenvalue weighted by molar-refractivity contribution is 8.00. The van der Waals surface area contributed by atoms with Crippen molar-refractivity contribution in [2.45, 2.75) is 17.0 Å². The SMILES string of the molecule is Cc1cc(C(=O)Nc2nnc(SCc3ccccc3F)s2)ccc1[N+](=O)[O-]. The van der Waals surface area contributed by atoms with E-state index >= 15 is 0 Å². The molecule has 0 aliphatic heterocycles. The third kappa shape index (κ3) is 4.66. The maximum atomic E-state index is 13.6. The van der Waals surface area contributed by atoms with Crippen molar-refractivity contribution in [3.8, 4) is 0 Å². The lowest BCUT2D eigenvalue weighted by molar-refractivity contribution is -0.385. The zero-order valence-corrected chi connectivity index (χ0v) is 15.6. The zero-order valence-electron chi connectivity index (χ0n) is 14.0. The second kappa shape index (κ2) is 8.23. The Morgan fingerprint density at radius 1 is 1.30 bits per heavy atom. The summed E-state index contributed by atoms with van der Waals surface area (Å²) in [5, 5.41) is 21.6. The Hall–Kier alpha value is -2.85. The maximum absolute atomic E-state index is 13.6. The van der Waals surface area contributed by atoms with E-state index in [9.17, 15) is 19.3 Å². The number of rotatable bonds is 6. The quantitative estimate of drug-likeness (QED) is 0.282. The van der Waals surface area contributed by atoms with Gasteiger partial charge in [0.05, 0.1) is 4.92 Å². The maximum Gasteiger partial charge on any atom is 0.272 e. The van der Waals surface area contributed by atoms with E-state index in [1.165, 1.54) is 47.4 Å². The van der Waals surface area contributed by atoms with Gasteiger partial charge in [0.25, 0.3) is 11.6 Å². The highest BCUT2D eigenvalue weighted by atomic mass is 32.2. The van der Waals surface area contributed by atoms with Crippen LogP contribution < -0.4 is 5.32 Å². The fraction of sp³-hybridized carbons (Fsp3) is 0.118. The molecular formula is C17H13FN4O3S2. The minimum absolute atomic E-state index is 0.0469. The minimum atomic E-state index is -0.499. The number of benzene rings is 2. The van der Waals surface area contributed by atoms with Gasteiger partial charge in [-0.3, -0.25) is 20.2 Å². The smallest absolute Gasteiger partial charge is 0.272 e. The number of carbonyl (C=O) groups is 1. The van der Waals surface area contributed by atoms with Crippen LogP contribution in [0.1, 0.15) is 21.5 Å². The number of anilines is 1. The number of nitro groups is 1. The summed E-state index contributed by atoms with van der Waals surface area (Å²) in [6.07, 6.45) is 0. The number of aromatic nitrogens is 2. The largest absolute Gasteiger partial charge is 0.296 e. The van der Waals surface area contributed by atoms with E-state index in [0.717, 1.165) is 0 Å². The molecule has 3 rings (SSSR count). The normalized spacial score (nSPS) is 10.6. The predicted molar refractivity (Wildman–Crippen MR) is 102 cm³/mol. The molecule has 0 fully saturated rings. The van der Waals surface area contributed by atoms with Crippen LogP contribution in [-0.4, -0.2) is 21.0 Å². The summed E-state index contributed by atoms with van der Waals surface area (Å²) in [5.41, 5.74) is 1.19. The molecule has 1 heterocycles. The first-order valence-electron chi connectivity index (χ1n) is 7.70. The third-order valence-electron chi connectivity index (χ3n) is 3.59. The monoisotopic (exact) mass is 404 g/mol. The molecule has 2 aromatic carbocycles. The summed E-state index contributed by atoms with van der Waals surface area (Å²) < 4.78 is 14.2. The summed E-state index contributed by atoms with van der Waals surface area (Å²) in [5.74, 6) is -0.317. The van der Waals surface area contributed by atoms with Gasteiger partial charge in [0.1, 0.15) is 5.82 Å². The summed E-state index contributed by atoms with van der Waals surface area (Å²) in [7, 11) is 0. The number of aryl methyl sites for hydroxylation is 1. The third-order valence-corrected chi connectivity index (χ3v) is 5.61. The topological polar surface area (TPSA) is 98.0 Å². The van der Waals surface area contributed by atoms with Crippen LogP contribution in [0.4, 0.5) is 15.2 Å². The molecule has 0 spiro atoms. The van der Waals surface area contributed by atoms with Crippen LogP contribution in [0.25, 0.3) is 0 Å². The first-order valence-corrected chi connectivity index (χ1v) is 9.50. The van der Waals surface area contributed by atoms with Crippen molar-refractivity contribution in [2.75, 3.05) is 5.32 Å². The Morgan fingerprint density at radius 2 is 2.07 bits per heavy atom. The lowest BCUT2D eigenvalue weighted by Crippen LogP contribution is -2.12. The number of nitro benzene ring substituents is 1. The van der Waals surface area contributed by atoms with E-state index in [2.05, 4.69) is 15.5 Å². The van der Waals surface area contributed by atoms with Crippen molar-refractivity contribution < 1.29 is 14.1 Å². The molecule has 1 aromatic heterocycles. The van der Waals surface area contributed by atoms with Gasteiger partial charge in [-0.2, -0.15) is 0 Å². The highest BCUT2D eigenvalue weighted by Gasteiger charge is 2.15. The van der Waals surface area contributed by atoms with Crippen molar-refractivity contribution in [3.63, 3.8) is 0 Å². The molecule has 7 nitrogen and oxygen atoms in total. The fourth-order valence-electron chi connectivity index (χ4n) is 2.24. The molecule has 3 aromatic rings. The molecule has 0 aliphatic rings. The van der Waals surface area contributed by atoms with Gasteiger partial charge in [-0.25, -0.2) is 4.39 Å². The lowest BCUT2D eigenvalue weighted by atomic mass is 10.1. The molecule has 0 bridgehead atoms. The lowest BCUT2D eigenvalue weighted by Gasteiger charge is -2.03. The molecule has 0 radical (unpaired) electrons. The van der Waals surface area contributed by atoms with Crippen LogP contribution >= 0.6 is 23.1 Å². The number of amides is 1. The van der Waals surface area contributed by atoms with Crippen molar-refractivity contribution in [1.82, 2.24) is 10.2 Å². The second-order valence-electron chi connectivity index (χ2n) is 5.47. The van der Waals surface area contributed by atoms with Gasteiger partial charge in [0.15, 0.2) is 4.34 Å². The number of nitrogens with one attached hydrogen (secondary N) is 1. The van der Waals surface area contributed by atoms with E-state index in [-0.39, 0.29) is 17.1 Å². The van der Waals surface area contributed by atoms with Gasteiger partial charge < -0.3 is 0 Å². The van der Waals surface area contributed by atoms with Gasteiger partial charge in [-0.05, 0) is 30.7 Å². The van der Waals surface area contributed by atoms with Gasteiger partial charge in [-0.15, -0.1) is 10.2 Å². The zero-order chi connectivity index (χ0) is 19.4. The number of halogens is 1. The van der Waals surface area contributed by atoms with E-state index in [1.54, 1.807) is 25.1 Å². The molecule has 10 heteroatoms. The first-order chi connectivity index (χ1) is 12.9. The van der Waals surface area contributed by atoms with Gasteiger partial charge in [0.2, 0.25) is 5.13 Å². The predicted octanol–water partition coefficient (Wildman–Crippen LogP) is 4.44. The Kier molecular flexibility index (Phi) is 5.77. The number of hydrogen-bond donors (Lipinski definition) is 1. The summed E-state index contributed by atoms with van der Waals surface area (Å²) in [6.45, 7) is 1.57. The first kappa shape index (κ1) is 18.9. The average Bonchev–Trinajstić information content (AvgIpc) is 3.08. The highest BCUT2D eigenvalue weighted by Crippen LogP contribution is 2.29. The van der Waals surface area contributed by atoms with E-state index < -0.39 is 10.8 Å². The van der Waals surface area contributed by atoms with Gasteiger partial charge in [0, 0.05) is 22.9 Å². The second-order valence-corrected chi connectivity index (χ2v) is 7.67. The van der Waals surface area contributed by atoms with Crippen molar-refractivity contribution in [2.24, 2.45) is 0 Å². The van der Waals surface area contributed by atoms with E-state index in [1.807, 2.05) is 0 Å². The molecule has 0 saturated carbocycles. The van der Waals surface area contributed by atoms with Gasteiger partial charge in [-0.1, -0.05) is 41.3 Å². The minimum Gasteiger partial charge on any atom is -0.296 e. The van der Waals surface area contributed by atoms with Crippen LogP contribution in [0, 0.1) is 22.9 Å². The van der Waals surface area contributed by atoms with Crippen LogP contribution in [0.3, 0.4) is 0 Å². The number of carbonyl (C=O) groups excluding carboxylic acids is 1. The number of nitrogens with zero attached hydrogens (tertiary/aromatic N) is 3.